The number of Topliss-reactive ketones (excluding diaryl/α,β-unsaturated/α-hetero) is 1. The molecule has 0 N–H and O–H groups in total. The number of carbonyl (C=O) groups excluding carboxylic acids is 1. The molecule has 1 aromatic carbocycles. The van der Waals surface area contributed by atoms with Crippen molar-refractivity contribution in [1.29, 1.82) is 0 Å². The second-order valence-corrected chi connectivity index (χ2v) is 3.76. The first kappa shape index (κ1) is 11.8. The van der Waals surface area contributed by atoms with Gasteiger partial charge in [-0.15, -0.1) is 0 Å². The van der Waals surface area contributed by atoms with E-state index in [-0.39, 0.29) is 5.78 Å². The highest BCUT2D eigenvalue weighted by atomic mass is 16.5. The molecule has 0 spiro atoms. The highest BCUT2D eigenvalue weighted by molar-refractivity contribution is 5.97. The Morgan fingerprint density at radius 3 is 2.73 bits per heavy atom. The lowest BCUT2D eigenvalue weighted by Gasteiger charge is -2.09. The maximum Gasteiger partial charge on any atom is 0.163 e. The molecule has 0 bridgehead atoms. The fourth-order valence-corrected chi connectivity index (χ4v) is 1.37. The van der Waals surface area contributed by atoms with Crippen molar-refractivity contribution in [3.05, 3.63) is 29.3 Å². The predicted molar refractivity (Wildman–Crippen MR) is 61.6 cm³/mol. The molecule has 0 aliphatic rings. The molecule has 0 saturated heterocycles. The van der Waals surface area contributed by atoms with Crippen molar-refractivity contribution in [1.82, 2.24) is 0 Å². The van der Waals surface area contributed by atoms with Crippen LogP contribution in [-0.4, -0.2) is 12.4 Å². The van der Waals surface area contributed by atoms with Gasteiger partial charge in [0.05, 0.1) is 12.2 Å². The number of ketones is 1. The average molecular weight is 206 g/mol. The smallest absolute Gasteiger partial charge is 0.163 e. The fraction of sp³-hybridized carbons (Fsp3) is 0.462. The summed E-state index contributed by atoms with van der Waals surface area (Å²) in [6.45, 7) is 6.34. The van der Waals surface area contributed by atoms with Crippen molar-refractivity contribution >= 4 is 5.78 Å². The molecule has 0 unspecified atom stereocenters. The number of aryl methyl sites for hydroxylation is 1. The molecule has 2 nitrogen and oxygen atoms in total. The minimum absolute atomic E-state index is 0.0604. The number of unbranched alkanes of at least 4 members (excludes halogenated alkanes) is 1. The third kappa shape index (κ3) is 3.39. The molecule has 0 radical (unpaired) electrons. The molecule has 1 rings (SSSR count). The van der Waals surface area contributed by atoms with Crippen molar-refractivity contribution in [2.75, 3.05) is 6.61 Å². The van der Waals surface area contributed by atoms with E-state index in [2.05, 4.69) is 6.92 Å². The largest absolute Gasteiger partial charge is 0.493 e. The van der Waals surface area contributed by atoms with Crippen molar-refractivity contribution in [3.8, 4) is 5.75 Å². The number of hydrogen-bond acceptors (Lipinski definition) is 2. The predicted octanol–water partition coefficient (Wildman–Crippen LogP) is 3.38. The number of carbonyl (C=O) groups is 1. The number of rotatable bonds is 5. The molecular weight excluding hydrogens is 188 g/mol. The minimum Gasteiger partial charge on any atom is -0.493 e. The molecule has 1 aromatic rings. The van der Waals surface area contributed by atoms with E-state index in [1.165, 1.54) is 0 Å². The first-order chi connectivity index (χ1) is 7.15. The van der Waals surface area contributed by atoms with Gasteiger partial charge in [0, 0.05) is 0 Å². The standard InChI is InChI=1S/C13H18O2/c1-4-5-8-15-13-7-6-10(2)9-12(13)11(3)14/h6-7,9H,4-5,8H2,1-3H3. The van der Waals surface area contributed by atoms with Gasteiger partial charge < -0.3 is 4.74 Å². The van der Waals surface area contributed by atoms with Crippen LogP contribution in [0.5, 0.6) is 5.75 Å². The lowest BCUT2D eigenvalue weighted by molar-refractivity contribution is 0.101. The summed E-state index contributed by atoms with van der Waals surface area (Å²) >= 11 is 0. The molecule has 0 aliphatic carbocycles. The molecule has 0 heterocycles. The van der Waals surface area contributed by atoms with Crippen molar-refractivity contribution < 1.29 is 9.53 Å². The van der Waals surface area contributed by atoms with E-state index in [4.69, 9.17) is 4.74 Å². The molecule has 15 heavy (non-hydrogen) atoms. The van der Waals surface area contributed by atoms with Gasteiger partial charge in [-0.2, -0.15) is 0 Å². The summed E-state index contributed by atoms with van der Waals surface area (Å²) in [5.74, 6) is 0.770. The molecular formula is C13H18O2. The summed E-state index contributed by atoms with van der Waals surface area (Å²) < 4.78 is 5.57. The van der Waals surface area contributed by atoms with Crippen LogP contribution < -0.4 is 4.74 Å². The Morgan fingerprint density at radius 2 is 2.13 bits per heavy atom. The number of ether oxygens (including phenoxy) is 1. The molecule has 0 saturated carbocycles. The average Bonchev–Trinajstić information content (AvgIpc) is 2.20. The van der Waals surface area contributed by atoms with Crippen LogP contribution in [0.1, 0.15) is 42.6 Å². The van der Waals surface area contributed by atoms with Crippen LogP contribution in [0, 0.1) is 6.92 Å². The third-order valence-corrected chi connectivity index (χ3v) is 2.27. The van der Waals surface area contributed by atoms with Crippen LogP contribution >= 0.6 is 0 Å². The van der Waals surface area contributed by atoms with E-state index in [0.29, 0.717) is 17.9 Å². The molecule has 0 aliphatic heterocycles. The van der Waals surface area contributed by atoms with E-state index in [1.807, 2.05) is 25.1 Å². The molecule has 2 heteroatoms. The maximum atomic E-state index is 11.4. The Hall–Kier alpha value is -1.31. The summed E-state index contributed by atoms with van der Waals surface area (Å²) in [6, 6.07) is 5.72. The minimum atomic E-state index is 0.0604. The van der Waals surface area contributed by atoms with Crippen molar-refractivity contribution in [2.45, 2.75) is 33.6 Å². The summed E-state index contributed by atoms with van der Waals surface area (Å²) in [7, 11) is 0. The van der Waals surface area contributed by atoms with Gasteiger partial charge in [0.1, 0.15) is 5.75 Å². The first-order valence-corrected chi connectivity index (χ1v) is 5.39. The molecule has 82 valence electrons. The molecule has 0 atom stereocenters. The van der Waals surface area contributed by atoms with Gasteiger partial charge in [-0.3, -0.25) is 4.79 Å². The second-order valence-electron chi connectivity index (χ2n) is 3.76. The highest BCUT2D eigenvalue weighted by Crippen LogP contribution is 2.20. The fourth-order valence-electron chi connectivity index (χ4n) is 1.37. The van der Waals surface area contributed by atoms with Crippen LogP contribution in [0.15, 0.2) is 18.2 Å². The van der Waals surface area contributed by atoms with E-state index < -0.39 is 0 Å². The second kappa shape index (κ2) is 5.54. The zero-order chi connectivity index (χ0) is 11.3. The number of hydrogen-bond donors (Lipinski definition) is 0. The summed E-state index contributed by atoms with van der Waals surface area (Å²) in [5, 5.41) is 0. The first-order valence-electron chi connectivity index (χ1n) is 5.39. The lowest BCUT2D eigenvalue weighted by atomic mass is 10.1. The molecule has 0 aromatic heterocycles. The molecule has 0 fully saturated rings. The zero-order valence-corrected chi connectivity index (χ0v) is 9.67. The maximum absolute atomic E-state index is 11.4. The third-order valence-electron chi connectivity index (χ3n) is 2.27. The van der Waals surface area contributed by atoms with Crippen LogP contribution in [0.2, 0.25) is 0 Å². The highest BCUT2D eigenvalue weighted by Gasteiger charge is 2.08. The summed E-state index contributed by atoms with van der Waals surface area (Å²) in [4.78, 5) is 11.4. The van der Waals surface area contributed by atoms with E-state index >= 15 is 0 Å². The SMILES string of the molecule is CCCCOc1ccc(C)cc1C(C)=O. The Balaban J connectivity index is 2.81. The summed E-state index contributed by atoms with van der Waals surface area (Å²) in [5.41, 5.74) is 1.77. The monoisotopic (exact) mass is 206 g/mol. The Labute approximate surface area is 91.3 Å². The number of benzene rings is 1. The van der Waals surface area contributed by atoms with E-state index in [9.17, 15) is 4.79 Å². The summed E-state index contributed by atoms with van der Waals surface area (Å²) in [6.07, 6.45) is 2.12. The quantitative estimate of drug-likeness (QED) is 0.545. The van der Waals surface area contributed by atoms with Gasteiger partial charge in [-0.1, -0.05) is 25.0 Å². The van der Waals surface area contributed by atoms with Gasteiger partial charge in [0.2, 0.25) is 0 Å². The molecule has 0 amide bonds. The lowest BCUT2D eigenvalue weighted by Crippen LogP contribution is -2.03. The van der Waals surface area contributed by atoms with E-state index in [0.717, 1.165) is 18.4 Å². The Morgan fingerprint density at radius 1 is 1.40 bits per heavy atom. The van der Waals surface area contributed by atoms with Gasteiger partial charge in [0.25, 0.3) is 0 Å². The van der Waals surface area contributed by atoms with Crippen molar-refractivity contribution in [2.24, 2.45) is 0 Å². The van der Waals surface area contributed by atoms with Crippen LogP contribution in [0.4, 0.5) is 0 Å². The zero-order valence-electron chi connectivity index (χ0n) is 9.67. The topological polar surface area (TPSA) is 26.3 Å². The van der Waals surface area contributed by atoms with Crippen LogP contribution in [0.3, 0.4) is 0 Å². The normalized spacial score (nSPS) is 10.1. The van der Waals surface area contributed by atoms with Gasteiger partial charge in [-0.05, 0) is 32.4 Å². The van der Waals surface area contributed by atoms with Gasteiger partial charge in [0.15, 0.2) is 5.78 Å². The van der Waals surface area contributed by atoms with Gasteiger partial charge >= 0.3 is 0 Å². The van der Waals surface area contributed by atoms with Crippen molar-refractivity contribution in [3.63, 3.8) is 0 Å². The van der Waals surface area contributed by atoms with Gasteiger partial charge in [-0.25, -0.2) is 0 Å². The van der Waals surface area contributed by atoms with E-state index in [1.54, 1.807) is 6.92 Å². The Bertz CT molecular complexity index is 342. The van der Waals surface area contributed by atoms with Crippen LogP contribution in [-0.2, 0) is 0 Å². The van der Waals surface area contributed by atoms with Crippen LogP contribution in [0.25, 0.3) is 0 Å². The Kier molecular flexibility index (Phi) is 4.35.